The highest BCUT2D eigenvalue weighted by atomic mass is 16.2. The molecule has 0 spiro atoms. The van der Waals surface area contributed by atoms with Crippen molar-refractivity contribution in [1.29, 1.82) is 0 Å². The van der Waals surface area contributed by atoms with Crippen LogP contribution in [0.2, 0.25) is 0 Å². The molecule has 1 aliphatic heterocycles. The number of nitrogens with two attached hydrogens (primary N) is 1. The zero-order valence-corrected chi connectivity index (χ0v) is 10.4. The van der Waals surface area contributed by atoms with Crippen LogP contribution in [0.5, 0.6) is 0 Å². The molecule has 7 nitrogen and oxygen atoms in total. The lowest BCUT2D eigenvalue weighted by Crippen LogP contribution is -2.33. The van der Waals surface area contributed by atoms with Crippen molar-refractivity contribution in [2.45, 2.75) is 12.8 Å². The summed E-state index contributed by atoms with van der Waals surface area (Å²) in [7, 11) is 1.75. The van der Waals surface area contributed by atoms with E-state index < -0.39 is 0 Å². The summed E-state index contributed by atoms with van der Waals surface area (Å²) >= 11 is 0. The number of nitrogens with one attached hydrogen (secondary N) is 2. The van der Waals surface area contributed by atoms with Gasteiger partial charge in [0.2, 0.25) is 11.9 Å². The topological polar surface area (TPSA) is 96.2 Å². The first-order valence-electron chi connectivity index (χ1n) is 6.03. The van der Waals surface area contributed by atoms with Gasteiger partial charge in [0, 0.05) is 26.2 Å². The first kappa shape index (κ1) is 12.4. The Morgan fingerprint density at radius 2 is 2.06 bits per heavy atom. The first-order valence-corrected chi connectivity index (χ1v) is 6.03. The molecule has 1 amide bonds. The molecule has 7 heteroatoms. The summed E-state index contributed by atoms with van der Waals surface area (Å²) in [6.45, 7) is 1.95. The molecule has 1 aromatic rings. The van der Waals surface area contributed by atoms with Crippen LogP contribution in [0.4, 0.5) is 17.6 Å². The number of aromatic nitrogens is 2. The molecular weight excluding hydrogens is 232 g/mol. The SMILES string of the molecule is CNc1cc(NCC(=O)N2CCCC2)nc(N)n1. The van der Waals surface area contributed by atoms with E-state index in [1.54, 1.807) is 13.1 Å². The Morgan fingerprint density at radius 1 is 1.39 bits per heavy atom. The molecule has 0 radical (unpaired) electrons. The predicted molar refractivity (Wildman–Crippen MR) is 70.3 cm³/mol. The molecule has 18 heavy (non-hydrogen) atoms. The number of amides is 1. The van der Waals surface area contributed by atoms with Gasteiger partial charge in [-0.25, -0.2) is 0 Å². The molecule has 98 valence electrons. The third-order valence-electron chi connectivity index (χ3n) is 2.88. The highest BCUT2D eigenvalue weighted by Crippen LogP contribution is 2.12. The van der Waals surface area contributed by atoms with Crippen LogP contribution in [-0.4, -0.2) is 47.5 Å². The molecular formula is C11H18N6O. The van der Waals surface area contributed by atoms with Crippen LogP contribution < -0.4 is 16.4 Å². The number of nitrogen functional groups attached to an aromatic ring is 1. The van der Waals surface area contributed by atoms with Gasteiger partial charge in [0.15, 0.2) is 0 Å². The summed E-state index contributed by atoms with van der Waals surface area (Å²) in [6, 6.07) is 1.72. The molecule has 1 saturated heterocycles. The third kappa shape index (κ3) is 2.99. The van der Waals surface area contributed by atoms with Gasteiger partial charge < -0.3 is 21.3 Å². The molecule has 0 atom stereocenters. The lowest BCUT2D eigenvalue weighted by atomic mass is 10.4. The van der Waals surface area contributed by atoms with Gasteiger partial charge in [-0.2, -0.15) is 9.97 Å². The third-order valence-corrected chi connectivity index (χ3v) is 2.88. The van der Waals surface area contributed by atoms with Crippen molar-refractivity contribution in [2.24, 2.45) is 0 Å². The molecule has 1 aromatic heterocycles. The quantitative estimate of drug-likeness (QED) is 0.703. The van der Waals surface area contributed by atoms with Crippen molar-refractivity contribution in [1.82, 2.24) is 14.9 Å². The fourth-order valence-corrected chi connectivity index (χ4v) is 1.93. The van der Waals surface area contributed by atoms with E-state index in [1.165, 1.54) is 0 Å². The van der Waals surface area contributed by atoms with Gasteiger partial charge >= 0.3 is 0 Å². The van der Waals surface area contributed by atoms with Crippen molar-refractivity contribution < 1.29 is 4.79 Å². The molecule has 0 bridgehead atoms. The molecule has 1 aliphatic rings. The van der Waals surface area contributed by atoms with E-state index in [1.807, 2.05) is 4.90 Å². The lowest BCUT2D eigenvalue weighted by Gasteiger charge is -2.15. The highest BCUT2D eigenvalue weighted by molar-refractivity contribution is 5.81. The highest BCUT2D eigenvalue weighted by Gasteiger charge is 2.17. The first-order chi connectivity index (χ1) is 8.69. The molecule has 2 heterocycles. The van der Waals surface area contributed by atoms with Crippen LogP contribution in [0.1, 0.15) is 12.8 Å². The summed E-state index contributed by atoms with van der Waals surface area (Å²) < 4.78 is 0. The van der Waals surface area contributed by atoms with Crippen LogP contribution in [0.25, 0.3) is 0 Å². The molecule has 4 N–H and O–H groups in total. The molecule has 0 aromatic carbocycles. The maximum absolute atomic E-state index is 11.8. The van der Waals surface area contributed by atoms with Crippen molar-refractivity contribution in [3.8, 4) is 0 Å². The number of carbonyl (C=O) groups is 1. The van der Waals surface area contributed by atoms with Gasteiger partial charge in [0.1, 0.15) is 11.6 Å². The zero-order chi connectivity index (χ0) is 13.0. The molecule has 0 unspecified atom stereocenters. The van der Waals surface area contributed by atoms with E-state index >= 15 is 0 Å². The van der Waals surface area contributed by atoms with Gasteiger partial charge in [0.25, 0.3) is 0 Å². The second-order valence-electron chi connectivity index (χ2n) is 4.19. The van der Waals surface area contributed by atoms with Crippen LogP contribution in [0.15, 0.2) is 6.07 Å². The smallest absolute Gasteiger partial charge is 0.241 e. The number of rotatable bonds is 4. The van der Waals surface area contributed by atoms with E-state index in [4.69, 9.17) is 5.73 Å². The minimum Gasteiger partial charge on any atom is -0.373 e. The fraction of sp³-hybridized carbons (Fsp3) is 0.545. The average molecular weight is 250 g/mol. The number of likely N-dealkylation sites (tertiary alicyclic amines) is 1. The number of hydrogen-bond acceptors (Lipinski definition) is 6. The van der Waals surface area contributed by atoms with E-state index in [2.05, 4.69) is 20.6 Å². The average Bonchev–Trinajstić information content (AvgIpc) is 2.89. The largest absolute Gasteiger partial charge is 0.373 e. The van der Waals surface area contributed by atoms with Crippen LogP contribution >= 0.6 is 0 Å². The van der Waals surface area contributed by atoms with Crippen molar-refractivity contribution in [3.05, 3.63) is 6.07 Å². The van der Waals surface area contributed by atoms with Gasteiger partial charge in [-0.3, -0.25) is 4.79 Å². The Kier molecular flexibility index (Phi) is 3.81. The lowest BCUT2D eigenvalue weighted by molar-refractivity contribution is -0.128. The zero-order valence-electron chi connectivity index (χ0n) is 10.4. The maximum atomic E-state index is 11.8. The number of anilines is 3. The monoisotopic (exact) mass is 250 g/mol. The van der Waals surface area contributed by atoms with E-state index in [0.29, 0.717) is 11.6 Å². The summed E-state index contributed by atoms with van der Waals surface area (Å²) in [5, 5.41) is 5.86. The van der Waals surface area contributed by atoms with E-state index in [-0.39, 0.29) is 18.4 Å². The summed E-state index contributed by atoms with van der Waals surface area (Å²) in [5.41, 5.74) is 5.57. The van der Waals surface area contributed by atoms with Gasteiger partial charge in [-0.1, -0.05) is 0 Å². The molecule has 0 saturated carbocycles. The van der Waals surface area contributed by atoms with Crippen LogP contribution in [0, 0.1) is 0 Å². The molecule has 2 rings (SSSR count). The van der Waals surface area contributed by atoms with Crippen molar-refractivity contribution >= 4 is 23.5 Å². The Hall–Kier alpha value is -2.05. The molecule has 0 aliphatic carbocycles. The second-order valence-corrected chi connectivity index (χ2v) is 4.19. The van der Waals surface area contributed by atoms with Gasteiger partial charge in [0.05, 0.1) is 6.54 Å². The fourth-order valence-electron chi connectivity index (χ4n) is 1.93. The van der Waals surface area contributed by atoms with Crippen LogP contribution in [-0.2, 0) is 4.79 Å². The Bertz CT molecular complexity index is 430. The number of carbonyl (C=O) groups excluding carboxylic acids is 1. The minimum absolute atomic E-state index is 0.0932. The standard InChI is InChI=1S/C11H18N6O/c1-13-8-6-9(16-11(12)15-8)14-7-10(18)17-4-2-3-5-17/h6H,2-5,7H2,1H3,(H4,12,13,14,15,16). The number of hydrogen-bond donors (Lipinski definition) is 3. The predicted octanol–water partition coefficient (Wildman–Crippen LogP) is 0.135. The summed E-state index contributed by atoms with van der Waals surface area (Å²) in [4.78, 5) is 21.7. The Balaban J connectivity index is 1.92. The summed E-state index contributed by atoms with van der Waals surface area (Å²) in [6.07, 6.45) is 2.19. The van der Waals surface area contributed by atoms with Gasteiger partial charge in [-0.15, -0.1) is 0 Å². The van der Waals surface area contributed by atoms with E-state index in [0.717, 1.165) is 25.9 Å². The van der Waals surface area contributed by atoms with Gasteiger partial charge in [-0.05, 0) is 12.8 Å². The minimum atomic E-state index is 0.0932. The summed E-state index contributed by atoms with van der Waals surface area (Å²) in [5.74, 6) is 1.45. The molecule has 1 fully saturated rings. The normalized spacial score (nSPS) is 14.6. The number of nitrogens with zero attached hydrogens (tertiary/aromatic N) is 3. The Morgan fingerprint density at radius 3 is 2.72 bits per heavy atom. The maximum Gasteiger partial charge on any atom is 0.241 e. The second kappa shape index (κ2) is 5.52. The van der Waals surface area contributed by atoms with E-state index in [9.17, 15) is 4.79 Å². The Labute approximate surface area is 106 Å². The van der Waals surface area contributed by atoms with Crippen molar-refractivity contribution in [2.75, 3.05) is 43.0 Å². The van der Waals surface area contributed by atoms with Crippen LogP contribution in [0.3, 0.4) is 0 Å². The van der Waals surface area contributed by atoms with Crippen molar-refractivity contribution in [3.63, 3.8) is 0 Å².